The molecule has 0 amide bonds. The van der Waals surface area contributed by atoms with Crippen molar-refractivity contribution in [2.45, 2.75) is 281 Å². The van der Waals surface area contributed by atoms with Crippen molar-refractivity contribution in [3.05, 3.63) is 35.9 Å². The summed E-state index contributed by atoms with van der Waals surface area (Å²) in [5.74, 6) is 0.875. The van der Waals surface area contributed by atoms with Gasteiger partial charge >= 0.3 is 0 Å². The first-order valence-electron chi connectivity index (χ1n) is 26.1. The summed E-state index contributed by atoms with van der Waals surface area (Å²) < 4.78 is 14.5. The van der Waals surface area contributed by atoms with Crippen LogP contribution < -0.4 is 0 Å². The molecule has 342 valence electrons. The molecule has 5 atom stereocenters. The second-order valence-electron chi connectivity index (χ2n) is 20.6. The number of hydrogen-bond acceptors (Lipinski definition) is 2. The summed E-state index contributed by atoms with van der Waals surface area (Å²) in [6.45, 7) is 36.5. The maximum absolute atomic E-state index is 7.79. The van der Waals surface area contributed by atoms with Gasteiger partial charge in [0.15, 0.2) is 0 Å². The van der Waals surface area contributed by atoms with Gasteiger partial charge in [0.2, 0.25) is 0 Å². The molecular weight excluding hydrogens is 705 g/mol. The van der Waals surface area contributed by atoms with E-state index < -0.39 is 5.60 Å². The molecule has 0 saturated carbocycles. The number of rotatable bonds is 38. The van der Waals surface area contributed by atoms with Crippen LogP contribution in [-0.2, 0) is 14.9 Å². The van der Waals surface area contributed by atoms with Crippen molar-refractivity contribution >= 4 is 0 Å². The largest absolute Gasteiger partial charge is 0.382 e. The maximum atomic E-state index is 7.79. The van der Waals surface area contributed by atoms with Crippen molar-refractivity contribution in [3.8, 4) is 0 Å². The standard InChI is InChI=1S/C56H106O2/c1-15-21-26-28-29-30-32-38-43-53(14,42-37-23-17-3)54(44-24-18-4,46-47-57-20-6)56(52(12,13)58-49(9)10,50(11)39-34-31-27-22-16-2)55(48(7)8,45-25-19-5)51-40-35-33-36-41-51/h33,35-36,40-41,48-50H,15-32,34,37-39,42-47H2,1-14H3. The molecule has 1 aromatic carbocycles. The SMILES string of the molecule is CCCCCCCCCCC(C)(CCCCC)C(CCCC)(CCOCC)C(C(C)CCCCCCC)(C(C)(C)OC(C)C)C(CCCC)(c1ccccc1)C(C)C. The predicted octanol–water partition coefficient (Wildman–Crippen LogP) is 18.7. The zero-order valence-electron chi connectivity index (χ0n) is 42.2. The lowest BCUT2D eigenvalue weighted by atomic mass is 9.30. The first-order valence-corrected chi connectivity index (χ1v) is 26.1. The smallest absolute Gasteiger partial charge is 0.0702 e. The van der Waals surface area contributed by atoms with Crippen LogP contribution in [0.15, 0.2) is 30.3 Å². The summed E-state index contributed by atoms with van der Waals surface area (Å²) >= 11 is 0. The average Bonchev–Trinajstić information content (AvgIpc) is 3.18. The molecule has 2 heteroatoms. The highest BCUT2D eigenvalue weighted by atomic mass is 16.5. The van der Waals surface area contributed by atoms with E-state index in [1.807, 2.05) is 0 Å². The normalized spacial score (nSPS) is 17.2. The Balaban J connectivity index is 4.73. The molecule has 5 unspecified atom stereocenters. The summed E-state index contributed by atoms with van der Waals surface area (Å²) in [7, 11) is 0. The molecule has 0 heterocycles. The second-order valence-corrected chi connectivity index (χ2v) is 20.6. The highest BCUT2D eigenvalue weighted by molar-refractivity contribution is 5.36. The fraction of sp³-hybridized carbons (Fsp3) is 0.893. The lowest BCUT2D eigenvalue weighted by Gasteiger charge is -2.75. The van der Waals surface area contributed by atoms with Crippen molar-refractivity contribution in [3.63, 3.8) is 0 Å². The minimum Gasteiger partial charge on any atom is -0.382 e. The van der Waals surface area contributed by atoms with Crippen LogP contribution in [-0.4, -0.2) is 24.9 Å². The maximum Gasteiger partial charge on any atom is 0.0702 e. The third-order valence-corrected chi connectivity index (χ3v) is 15.5. The molecule has 58 heavy (non-hydrogen) atoms. The van der Waals surface area contributed by atoms with Crippen LogP contribution >= 0.6 is 0 Å². The first-order chi connectivity index (χ1) is 27.7. The molecule has 0 fully saturated rings. The lowest BCUT2D eigenvalue weighted by molar-refractivity contribution is -0.294. The highest BCUT2D eigenvalue weighted by Gasteiger charge is 2.74. The van der Waals surface area contributed by atoms with E-state index in [0.29, 0.717) is 11.8 Å². The van der Waals surface area contributed by atoms with Crippen LogP contribution in [0, 0.1) is 28.1 Å². The molecule has 0 radical (unpaired) electrons. The van der Waals surface area contributed by atoms with E-state index in [2.05, 4.69) is 127 Å². The number of benzene rings is 1. The molecule has 1 aromatic rings. The van der Waals surface area contributed by atoms with Crippen molar-refractivity contribution in [2.75, 3.05) is 13.2 Å². The summed E-state index contributed by atoms with van der Waals surface area (Å²) in [5.41, 5.74) is 0.929. The van der Waals surface area contributed by atoms with E-state index in [1.165, 1.54) is 161 Å². The minimum absolute atomic E-state index is 0.0326. The van der Waals surface area contributed by atoms with Gasteiger partial charge in [-0.15, -0.1) is 0 Å². The van der Waals surface area contributed by atoms with Crippen LogP contribution in [0.4, 0.5) is 0 Å². The van der Waals surface area contributed by atoms with Gasteiger partial charge < -0.3 is 9.47 Å². The first kappa shape index (κ1) is 55.2. The van der Waals surface area contributed by atoms with E-state index in [-0.39, 0.29) is 27.8 Å². The van der Waals surface area contributed by atoms with Gasteiger partial charge in [0.05, 0.1) is 11.7 Å². The van der Waals surface area contributed by atoms with E-state index in [4.69, 9.17) is 9.47 Å². The van der Waals surface area contributed by atoms with Gasteiger partial charge in [-0.05, 0) is 95.0 Å². The van der Waals surface area contributed by atoms with E-state index in [9.17, 15) is 0 Å². The predicted molar refractivity (Wildman–Crippen MR) is 260 cm³/mol. The molecular formula is C56H106O2. The number of hydrogen-bond donors (Lipinski definition) is 0. The van der Waals surface area contributed by atoms with E-state index in [0.717, 1.165) is 19.6 Å². The summed E-state index contributed by atoms with van der Waals surface area (Å²) in [6.07, 6.45) is 34.0. The van der Waals surface area contributed by atoms with E-state index in [1.54, 1.807) is 5.56 Å². The van der Waals surface area contributed by atoms with Crippen molar-refractivity contribution in [1.29, 1.82) is 0 Å². The zero-order chi connectivity index (χ0) is 43.6. The second kappa shape index (κ2) is 29.4. The Kier molecular flexibility index (Phi) is 28.0. The van der Waals surface area contributed by atoms with Crippen LogP contribution in [0.5, 0.6) is 0 Å². The van der Waals surface area contributed by atoms with Crippen molar-refractivity contribution in [2.24, 2.45) is 28.1 Å². The Labute approximate surface area is 366 Å². The molecule has 0 saturated heterocycles. The molecule has 0 aromatic heterocycles. The van der Waals surface area contributed by atoms with Gasteiger partial charge in [-0.1, -0.05) is 227 Å². The third-order valence-electron chi connectivity index (χ3n) is 15.5. The van der Waals surface area contributed by atoms with Crippen molar-refractivity contribution < 1.29 is 9.47 Å². The third kappa shape index (κ3) is 14.3. The van der Waals surface area contributed by atoms with Crippen LogP contribution in [0.3, 0.4) is 0 Å². The summed E-state index contributed by atoms with van der Waals surface area (Å²) in [6, 6.07) is 12.1. The Morgan fingerprint density at radius 3 is 1.47 bits per heavy atom. The highest BCUT2D eigenvalue weighted by Crippen LogP contribution is 2.76. The molecule has 2 nitrogen and oxygen atoms in total. The van der Waals surface area contributed by atoms with Gasteiger partial charge in [-0.3, -0.25) is 0 Å². The summed E-state index contributed by atoms with van der Waals surface area (Å²) in [5, 5.41) is 0. The van der Waals surface area contributed by atoms with Gasteiger partial charge in [0.1, 0.15) is 0 Å². The monoisotopic (exact) mass is 811 g/mol. The number of unbranched alkanes of at least 4 members (excludes halogenated alkanes) is 15. The topological polar surface area (TPSA) is 18.5 Å². The van der Waals surface area contributed by atoms with Gasteiger partial charge in [0.25, 0.3) is 0 Å². The molecule has 1 rings (SSSR count). The van der Waals surface area contributed by atoms with Gasteiger partial charge in [-0.2, -0.15) is 0 Å². The fourth-order valence-electron chi connectivity index (χ4n) is 13.3. The Morgan fingerprint density at radius 2 is 0.966 bits per heavy atom. The van der Waals surface area contributed by atoms with Crippen LogP contribution in [0.2, 0.25) is 0 Å². The molecule has 0 aliphatic heterocycles. The fourth-order valence-corrected chi connectivity index (χ4v) is 13.3. The number of ether oxygens (including phenoxy) is 2. The van der Waals surface area contributed by atoms with E-state index >= 15 is 0 Å². The molecule has 0 bridgehead atoms. The molecule has 0 aliphatic rings. The Bertz CT molecular complexity index is 1110. The zero-order valence-corrected chi connectivity index (χ0v) is 42.2. The Morgan fingerprint density at radius 1 is 0.500 bits per heavy atom. The van der Waals surface area contributed by atoms with Gasteiger partial charge in [0, 0.05) is 24.0 Å². The Hall–Kier alpha value is -0.860. The lowest BCUT2D eigenvalue weighted by Crippen LogP contribution is -2.74. The van der Waals surface area contributed by atoms with Crippen LogP contribution in [0.1, 0.15) is 269 Å². The average molecular weight is 811 g/mol. The summed E-state index contributed by atoms with van der Waals surface area (Å²) in [4.78, 5) is 0. The quantitative estimate of drug-likeness (QED) is 0.0620. The van der Waals surface area contributed by atoms with Crippen LogP contribution in [0.25, 0.3) is 0 Å². The molecule has 0 aliphatic carbocycles. The minimum atomic E-state index is -0.414. The van der Waals surface area contributed by atoms with Crippen molar-refractivity contribution in [1.82, 2.24) is 0 Å². The van der Waals surface area contributed by atoms with Gasteiger partial charge in [-0.25, -0.2) is 0 Å². The molecule has 0 N–H and O–H groups in total. The molecule has 0 spiro atoms.